The molecule has 0 radical (unpaired) electrons. The lowest BCUT2D eigenvalue weighted by atomic mass is 9.86. The molecule has 3 nitrogen and oxygen atoms in total. The van der Waals surface area contributed by atoms with E-state index in [1.165, 1.54) is 69.2 Å². The summed E-state index contributed by atoms with van der Waals surface area (Å²) in [7, 11) is 0. The number of hydrogen-bond donors (Lipinski definition) is 0. The standard InChI is InChI=1S/C57H40N2OS/c1-57(2,3)37-23-21-35(22-24-37)36-12-10-13-38(30-36)59(40-26-28-55-51(32-40)45-17-11-18-46(56(45)61-55)52-19-8-9-29-58-52)39-25-27-43-47(31-39)41-14-4-5-15-42(41)48-33-50-44-16-6-7-20-53(44)60-54(50)34-49(43)48/h4-34H,1-3H3. The van der Waals surface area contributed by atoms with Crippen LogP contribution in [0.4, 0.5) is 17.1 Å². The number of pyridine rings is 1. The Labute approximate surface area is 357 Å². The molecule has 0 saturated heterocycles. The highest BCUT2D eigenvalue weighted by atomic mass is 32.1. The first kappa shape index (κ1) is 35.7. The molecule has 3 heterocycles. The Morgan fingerprint density at radius 1 is 0.443 bits per heavy atom. The van der Waals surface area contributed by atoms with Crippen LogP contribution in [0.2, 0.25) is 0 Å². The van der Waals surface area contributed by atoms with E-state index in [9.17, 15) is 0 Å². The number of nitrogens with zero attached hydrogens (tertiary/aromatic N) is 2. The largest absolute Gasteiger partial charge is 0.456 e. The molecule has 0 saturated carbocycles. The van der Waals surface area contributed by atoms with E-state index in [2.05, 4.69) is 196 Å². The van der Waals surface area contributed by atoms with E-state index >= 15 is 0 Å². The number of aromatic nitrogens is 1. The van der Waals surface area contributed by atoms with Crippen molar-refractivity contribution >= 4 is 103 Å². The molecule has 0 amide bonds. The quantitative estimate of drug-likeness (QED) is 0.162. The van der Waals surface area contributed by atoms with Crippen LogP contribution in [0.5, 0.6) is 0 Å². The molecule has 0 fully saturated rings. The molecule has 0 bridgehead atoms. The third-order valence-corrected chi connectivity index (χ3v) is 13.7. The third kappa shape index (κ3) is 5.82. The number of rotatable bonds is 5. The van der Waals surface area contributed by atoms with Crippen LogP contribution in [-0.4, -0.2) is 4.98 Å². The monoisotopic (exact) mass is 800 g/mol. The zero-order valence-electron chi connectivity index (χ0n) is 34.1. The smallest absolute Gasteiger partial charge is 0.136 e. The summed E-state index contributed by atoms with van der Waals surface area (Å²) in [6, 6.07) is 66.5. The second-order valence-corrected chi connectivity index (χ2v) is 18.2. The first-order valence-corrected chi connectivity index (χ1v) is 21.7. The molecule has 3 aromatic heterocycles. The number of benzene rings is 9. The minimum atomic E-state index is 0.0870. The van der Waals surface area contributed by atoms with Gasteiger partial charge in [-0.1, -0.05) is 130 Å². The van der Waals surface area contributed by atoms with Crippen LogP contribution in [-0.2, 0) is 5.41 Å². The summed E-state index contributed by atoms with van der Waals surface area (Å²) in [4.78, 5) is 7.16. The van der Waals surface area contributed by atoms with Crippen LogP contribution >= 0.6 is 11.3 Å². The van der Waals surface area contributed by atoms with Gasteiger partial charge in [-0.3, -0.25) is 4.98 Å². The molecule has 4 heteroatoms. The van der Waals surface area contributed by atoms with Crippen molar-refractivity contribution in [2.45, 2.75) is 26.2 Å². The average Bonchev–Trinajstić information content (AvgIpc) is 3.86. The molecule has 12 aromatic rings. The Bertz CT molecular complexity index is 3690. The van der Waals surface area contributed by atoms with Crippen molar-refractivity contribution in [3.8, 4) is 22.4 Å². The van der Waals surface area contributed by atoms with Crippen LogP contribution < -0.4 is 4.90 Å². The van der Waals surface area contributed by atoms with Gasteiger partial charge in [0, 0.05) is 59.8 Å². The maximum Gasteiger partial charge on any atom is 0.136 e. The van der Waals surface area contributed by atoms with Gasteiger partial charge in [0.05, 0.1) is 5.69 Å². The summed E-state index contributed by atoms with van der Waals surface area (Å²) in [6.07, 6.45) is 1.87. The maximum absolute atomic E-state index is 6.45. The Balaban J connectivity index is 1.08. The summed E-state index contributed by atoms with van der Waals surface area (Å²) in [5, 5.41) is 12.1. The number of para-hydroxylation sites is 1. The van der Waals surface area contributed by atoms with Crippen molar-refractivity contribution in [3.05, 3.63) is 194 Å². The van der Waals surface area contributed by atoms with Crippen molar-refractivity contribution in [2.75, 3.05) is 4.90 Å². The minimum absolute atomic E-state index is 0.0870. The van der Waals surface area contributed by atoms with Gasteiger partial charge < -0.3 is 9.32 Å². The Kier molecular flexibility index (Phi) is 7.97. The number of furan rings is 1. The van der Waals surface area contributed by atoms with E-state index in [0.29, 0.717) is 0 Å². The van der Waals surface area contributed by atoms with Gasteiger partial charge in [0.1, 0.15) is 11.2 Å². The molecule has 12 rings (SSSR count). The zero-order valence-corrected chi connectivity index (χ0v) is 34.9. The van der Waals surface area contributed by atoms with Gasteiger partial charge in [0.2, 0.25) is 0 Å². The number of thiophene rings is 1. The molecular formula is C57H40N2OS. The Hall–Kier alpha value is -7.27. The van der Waals surface area contributed by atoms with Gasteiger partial charge in [-0.15, -0.1) is 11.3 Å². The van der Waals surface area contributed by atoms with Crippen LogP contribution in [0.15, 0.2) is 193 Å². The Morgan fingerprint density at radius 3 is 1.89 bits per heavy atom. The minimum Gasteiger partial charge on any atom is -0.456 e. The van der Waals surface area contributed by atoms with E-state index < -0.39 is 0 Å². The third-order valence-electron chi connectivity index (χ3n) is 12.4. The predicted octanol–water partition coefficient (Wildman–Crippen LogP) is 16.9. The highest BCUT2D eigenvalue weighted by molar-refractivity contribution is 7.26. The van der Waals surface area contributed by atoms with Crippen LogP contribution in [0.3, 0.4) is 0 Å². The van der Waals surface area contributed by atoms with Gasteiger partial charge in [-0.05, 0) is 127 Å². The van der Waals surface area contributed by atoms with Gasteiger partial charge in [-0.25, -0.2) is 0 Å². The van der Waals surface area contributed by atoms with Crippen LogP contribution in [0.25, 0.3) is 96.8 Å². The molecular weight excluding hydrogens is 761 g/mol. The summed E-state index contributed by atoms with van der Waals surface area (Å²) in [5.74, 6) is 0. The molecule has 0 spiro atoms. The fourth-order valence-corrected chi connectivity index (χ4v) is 10.6. The van der Waals surface area contributed by atoms with E-state index in [1.54, 1.807) is 0 Å². The summed E-state index contributed by atoms with van der Waals surface area (Å²) in [5.41, 5.74) is 11.1. The second-order valence-electron chi connectivity index (χ2n) is 17.2. The predicted molar refractivity (Wildman–Crippen MR) is 261 cm³/mol. The molecule has 0 unspecified atom stereocenters. The summed E-state index contributed by atoms with van der Waals surface area (Å²) >= 11 is 1.84. The van der Waals surface area contributed by atoms with E-state index in [0.717, 1.165) is 50.3 Å². The Morgan fingerprint density at radius 2 is 1.10 bits per heavy atom. The topological polar surface area (TPSA) is 29.3 Å². The lowest BCUT2D eigenvalue weighted by molar-refractivity contribution is 0.590. The zero-order chi connectivity index (χ0) is 40.8. The number of anilines is 3. The lowest BCUT2D eigenvalue weighted by Gasteiger charge is -2.27. The van der Waals surface area contributed by atoms with Crippen molar-refractivity contribution in [3.63, 3.8) is 0 Å². The SMILES string of the molecule is CC(C)(C)c1ccc(-c2cccc(N(c3ccc4sc5c(-c6ccccn6)cccc5c4c3)c3ccc4c(c3)c3ccccc3c3cc5c(cc43)oc3ccccc35)c2)cc1. The van der Waals surface area contributed by atoms with Crippen LogP contribution in [0, 0.1) is 0 Å². The number of hydrogen-bond acceptors (Lipinski definition) is 4. The van der Waals surface area contributed by atoms with Gasteiger partial charge in [0.15, 0.2) is 0 Å². The first-order chi connectivity index (χ1) is 29.9. The lowest BCUT2D eigenvalue weighted by Crippen LogP contribution is -2.10. The highest BCUT2D eigenvalue weighted by Crippen LogP contribution is 2.46. The summed E-state index contributed by atoms with van der Waals surface area (Å²) in [6.45, 7) is 6.80. The molecule has 0 aliphatic rings. The van der Waals surface area contributed by atoms with Gasteiger partial charge >= 0.3 is 0 Å². The van der Waals surface area contributed by atoms with Crippen LogP contribution in [0.1, 0.15) is 26.3 Å². The molecule has 9 aromatic carbocycles. The highest BCUT2D eigenvalue weighted by Gasteiger charge is 2.20. The van der Waals surface area contributed by atoms with Crippen molar-refractivity contribution < 1.29 is 4.42 Å². The van der Waals surface area contributed by atoms with Gasteiger partial charge in [0.25, 0.3) is 0 Å². The normalized spacial score (nSPS) is 12.2. The fourth-order valence-electron chi connectivity index (χ4n) is 9.38. The van der Waals surface area contributed by atoms with Crippen molar-refractivity contribution in [2.24, 2.45) is 0 Å². The molecule has 0 aliphatic carbocycles. The van der Waals surface area contributed by atoms with Crippen molar-refractivity contribution in [1.82, 2.24) is 4.98 Å². The summed E-state index contributed by atoms with van der Waals surface area (Å²) < 4.78 is 8.96. The molecule has 290 valence electrons. The second kappa shape index (κ2) is 13.6. The van der Waals surface area contributed by atoms with E-state index in [1.807, 2.05) is 29.7 Å². The molecule has 61 heavy (non-hydrogen) atoms. The molecule has 0 aliphatic heterocycles. The molecule has 0 atom stereocenters. The average molecular weight is 801 g/mol. The van der Waals surface area contributed by atoms with E-state index in [-0.39, 0.29) is 5.41 Å². The fraction of sp³-hybridized carbons (Fsp3) is 0.0702. The van der Waals surface area contributed by atoms with Gasteiger partial charge in [-0.2, -0.15) is 0 Å². The first-order valence-electron chi connectivity index (χ1n) is 20.9. The maximum atomic E-state index is 6.45. The molecule has 0 N–H and O–H groups in total. The number of fused-ring (bicyclic) bond motifs is 12. The van der Waals surface area contributed by atoms with Crippen molar-refractivity contribution in [1.29, 1.82) is 0 Å². The van der Waals surface area contributed by atoms with E-state index in [4.69, 9.17) is 9.40 Å².